The second-order valence-electron chi connectivity index (χ2n) is 4.36. The first-order valence-electron chi connectivity index (χ1n) is 5.77. The van der Waals surface area contributed by atoms with Gasteiger partial charge in [-0.05, 0) is 37.9 Å². The third kappa shape index (κ3) is 1.46. The van der Waals surface area contributed by atoms with Crippen molar-refractivity contribution in [2.24, 2.45) is 0 Å². The lowest BCUT2D eigenvalue weighted by molar-refractivity contribution is 0.622. The second kappa shape index (κ2) is 3.79. The summed E-state index contributed by atoms with van der Waals surface area (Å²) in [6.07, 6.45) is 6.37. The summed E-state index contributed by atoms with van der Waals surface area (Å²) in [6, 6.07) is 2.51. The van der Waals surface area contributed by atoms with Gasteiger partial charge in [0.15, 0.2) is 0 Å². The number of nitrogens with zero attached hydrogens (tertiary/aromatic N) is 1. The van der Waals surface area contributed by atoms with E-state index in [9.17, 15) is 0 Å². The van der Waals surface area contributed by atoms with Crippen molar-refractivity contribution >= 4 is 0 Å². The fourth-order valence-corrected chi connectivity index (χ4v) is 2.43. The zero-order valence-electron chi connectivity index (χ0n) is 9.38. The summed E-state index contributed by atoms with van der Waals surface area (Å²) in [5, 5.41) is 11.1. The van der Waals surface area contributed by atoms with Crippen LogP contribution >= 0.6 is 0 Å². The smallest absolute Gasteiger partial charge is 0.0968 e. The fraction of sp³-hybridized carbons (Fsp3) is 0.417. The molecule has 0 bridgehead atoms. The maximum Gasteiger partial charge on any atom is 0.0968 e. The Hall–Kier alpha value is -1.55. The van der Waals surface area contributed by atoms with E-state index in [0.29, 0.717) is 6.04 Å². The Kier molecular flexibility index (Phi) is 2.29. The highest BCUT2D eigenvalue weighted by Gasteiger charge is 2.22. The monoisotopic (exact) mass is 216 g/mol. The molecule has 0 amide bonds. The van der Waals surface area contributed by atoms with Crippen LogP contribution in [0.15, 0.2) is 18.5 Å². The summed E-state index contributed by atoms with van der Waals surface area (Å²) in [7, 11) is 0. The molecule has 3 N–H and O–H groups in total. The molecule has 0 radical (unpaired) electrons. The molecule has 0 saturated carbocycles. The molecule has 1 aliphatic heterocycles. The molecule has 3 rings (SSSR count). The van der Waals surface area contributed by atoms with E-state index < -0.39 is 0 Å². The minimum atomic E-state index is 0.459. The van der Waals surface area contributed by atoms with E-state index in [-0.39, 0.29) is 0 Å². The molecule has 0 aromatic carbocycles. The van der Waals surface area contributed by atoms with Crippen molar-refractivity contribution in [1.29, 1.82) is 0 Å². The Bertz CT molecular complexity index is 463. The summed E-state index contributed by atoms with van der Waals surface area (Å²) < 4.78 is 0. The average molecular weight is 216 g/mol. The molecule has 2 aromatic heterocycles. The van der Waals surface area contributed by atoms with Gasteiger partial charge >= 0.3 is 0 Å². The van der Waals surface area contributed by atoms with Crippen LogP contribution in [0.4, 0.5) is 0 Å². The molecule has 1 unspecified atom stereocenters. The van der Waals surface area contributed by atoms with Crippen molar-refractivity contribution in [2.75, 3.05) is 6.54 Å². The fourth-order valence-electron chi connectivity index (χ4n) is 2.43. The van der Waals surface area contributed by atoms with Gasteiger partial charge in [0.05, 0.1) is 11.4 Å². The summed E-state index contributed by atoms with van der Waals surface area (Å²) >= 11 is 0. The molecular weight excluding hydrogens is 200 g/mol. The number of nitrogens with one attached hydrogen (secondary N) is 3. The summed E-state index contributed by atoms with van der Waals surface area (Å²) in [5.41, 5.74) is 4.72. The van der Waals surface area contributed by atoms with E-state index in [1.807, 2.05) is 12.4 Å². The minimum absolute atomic E-state index is 0.459. The molecule has 1 atom stereocenters. The molecule has 3 heterocycles. The Morgan fingerprint density at radius 1 is 1.44 bits per heavy atom. The van der Waals surface area contributed by atoms with Gasteiger partial charge in [0.25, 0.3) is 0 Å². The lowest BCUT2D eigenvalue weighted by Crippen LogP contribution is -2.14. The highest BCUT2D eigenvalue weighted by Crippen LogP contribution is 2.29. The van der Waals surface area contributed by atoms with Crippen molar-refractivity contribution in [1.82, 2.24) is 20.5 Å². The number of hydrogen-bond acceptors (Lipinski definition) is 2. The highest BCUT2D eigenvalue weighted by molar-refractivity contribution is 5.63. The topological polar surface area (TPSA) is 56.5 Å². The normalized spacial score (nSPS) is 20.4. The van der Waals surface area contributed by atoms with E-state index in [1.54, 1.807) is 0 Å². The molecule has 0 aliphatic carbocycles. The van der Waals surface area contributed by atoms with Crippen LogP contribution in [-0.2, 0) is 0 Å². The van der Waals surface area contributed by atoms with E-state index in [4.69, 9.17) is 0 Å². The molecule has 0 spiro atoms. The van der Waals surface area contributed by atoms with Gasteiger partial charge < -0.3 is 10.3 Å². The predicted octanol–water partition coefficient (Wildman–Crippen LogP) is 2.14. The maximum absolute atomic E-state index is 4.42. The van der Waals surface area contributed by atoms with Crippen LogP contribution in [-0.4, -0.2) is 21.7 Å². The lowest BCUT2D eigenvalue weighted by Gasteiger charge is -2.08. The standard InChI is InChI=1S/C12H16N4/c1-8-11(9-4-6-13-7-9)15-16-12(8)10-3-2-5-14-10/h4,6-7,10,13-14H,2-3,5H2,1H3,(H,15,16). The highest BCUT2D eigenvalue weighted by atomic mass is 15.1. The zero-order valence-corrected chi connectivity index (χ0v) is 9.38. The number of H-pyrrole nitrogens is 2. The number of rotatable bonds is 2. The molecule has 84 valence electrons. The molecule has 4 nitrogen and oxygen atoms in total. The van der Waals surface area contributed by atoms with Crippen molar-refractivity contribution in [2.45, 2.75) is 25.8 Å². The van der Waals surface area contributed by atoms with Gasteiger partial charge in [0, 0.05) is 24.0 Å². The second-order valence-corrected chi connectivity index (χ2v) is 4.36. The lowest BCUT2D eigenvalue weighted by atomic mass is 10.0. The van der Waals surface area contributed by atoms with Crippen LogP contribution in [0.2, 0.25) is 0 Å². The minimum Gasteiger partial charge on any atom is -0.367 e. The predicted molar refractivity (Wildman–Crippen MR) is 63.1 cm³/mol. The molecule has 1 saturated heterocycles. The van der Waals surface area contributed by atoms with Crippen LogP contribution in [0.3, 0.4) is 0 Å². The first kappa shape index (κ1) is 9.66. The van der Waals surface area contributed by atoms with Crippen molar-refractivity contribution in [3.8, 4) is 11.3 Å². The first-order valence-corrected chi connectivity index (χ1v) is 5.77. The van der Waals surface area contributed by atoms with Crippen LogP contribution in [0.5, 0.6) is 0 Å². The van der Waals surface area contributed by atoms with Crippen LogP contribution in [0.1, 0.15) is 30.1 Å². The van der Waals surface area contributed by atoms with Crippen LogP contribution in [0.25, 0.3) is 11.3 Å². The molecule has 2 aromatic rings. The molecule has 1 aliphatic rings. The average Bonchev–Trinajstić information content (AvgIpc) is 2.96. The summed E-state index contributed by atoms with van der Waals surface area (Å²) in [5.74, 6) is 0. The maximum atomic E-state index is 4.42. The summed E-state index contributed by atoms with van der Waals surface area (Å²) in [6.45, 7) is 3.25. The quantitative estimate of drug-likeness (QED) is 0.720. The van der Waals surface area contributed by atoms with E-state index in [1.165, 1.54) is 24.1 Å². The Morgan fingerprint density at radius 2 is 2.38 bits per heavy atom. The van der Waals surface area contributed by atoms with Gasteiger partial charge in [-0.1, -0.05) is 0 Å². The SMILES string of the molecule is Cc1c(-c2cc[nH]c2)n[nH]c1C1CCCN1. The molecule has 16 heavy (non-hydrogen) atoms. The first-order chi connectivity index (χ1) is 7.86. The van der Waals surface area contributed by atoms with Crippen LogP contribution in [0, 0.1) is 6.92 Å². The number of hydrogen-bond donors (Lipinski definition) is 3. The van der Waals surface area contributed by atoms with Crippen molar-refractivity contribution in [3.63, 3.8) is 0 Å². The number of aromatic nitrogens is 3. The third-order valence-corrected chi connectivity index (χ3v) is 3.33. The molecule has 4 heteroatoms. The van der Waals surface area contributed by atoms with Gasteiger partial charge in [0.1, 0.15) is 0 Å². The van der Waals surface area contributed by atoms with E-state index >= 15 is 0 Å². The summed E-state index contributed by atoms with van der Waals surface area (Å²) in [4.78, 5) is 3.06. The van der Waals surface area contributed by atoms with Gasteiger partial charge in [-0.15, -0.1) is 0 Å². The van der Waals surface area contributed by atoms with Gasteiger partial charge in [0.2, 0.25) is 0 Å². The van der Waals surface area contributed by atoms with Crippen LogP contribution < -0.4 is 5.32 Å². The van der Waals surface area contributed by atoms with Gasteiger partial charge in [-0.3, -0.25) is 5.10 Å². The Morgan fingerprint density at radius 3 is 3.06 bits per heavy atom. The van der Waals surface area contributed by atoms with E-state index in [0.717, 1.165) is 17.8 Å². The Labute approximate surface area is 94.5 Å². The van der Waals surface area contributed by atoms with E-state index in [2.05, 4.69) is 33.5 Å². The molecule has 1 fully saturated rings. The molecular formula is C12H16N4. The van der Waals surface area contributed by atoms with Gasteiger partial charge in [-0.25, -0.2) is 0 Å². The number of aromatic amines is 2. The van der Waals surface area contributed by atoms with Crippen molar-refractivity contribution in [3.05, 3.63) is 29.7 Å². The third-order valence-electron chi connectivity index (χ3n) is 3.33. The van der Waals surface area contributed by atoms with Gasteiger partial charge in [-0.2, -0.15) is 5.10 Å². The zero-order chi connectivity index (χ0) is 11.0. The van der Waals surface area contributed by atoms with Crippen molar-refractivity contribution < 1.29 is 0 Å². The Balaban J connectivity index is 1.97. The largest absolute Gasteiger partial charge is 0.367 e.